The van der Waals surface area contributed by atoms with Crippen molar-refractivity contribution in [1.29, 1.82) is 0 Å². The maximum atomic E-state index is 12.8. The van der Waals surface area contributed by atoms with E-state index in [2.05, 4.69) is 5.16 Å². The quantitative estimate of drug-likeness (QED) is 0.832. The van der Waals surface area contributed by atoms with Gasteiger partial charge in [0.25, 0.3) is 5.91 Å². The maximum absolute atomic E-state index is 12.8. The molecule has 2 aliphatic rings. The van der Waals surface area contributed by atoms with Crippen LogP contribution in [0.4, 0.5) is 0 Å². The first kappa shape index (κ1) is 16.8. The predicted octanol–water partition coefficient (Wildman–Crippen LogP) is 2.60. The highest BCUT2D eigenvalue weighted by molar-refractivity contribution is 5.92. The Bertz CT molecular complexity index is 822. The van der Waals surface area contributed by atoms with Gasteiger partial charge in [-0.1, -0.05) is 35.5 Å². The van der Waals surface area contributed by atoms with E-state index in [1.165, 1.54) is 0 Å². The topological polar surface area (TPSA) is 66.7 Å². The minimum absolute atomic E-state index is 0.0818. The van der Waals surface area contributed by atoms with Crippen molar-refractivity contribution in [3.8, 4) is 0 Å². The van der Waals surface area contributed by atoms with Crippen molar-refractivity contribution in [3.05, 3.63) is 53.4 Å². The molecule has 3 heterocycles. The van der Waals surface area contributed by atoms with Crippen molar-refractivity contribution in [3.63, 3.8) is 0 Å². The van der Waals surface area contributed by atoms with Gasteiger partial charge in [0.15, 0.2) is 5.69 Å². The summed E-state index contributed by atoms with van der Waals surface area (Å²) >= 11 is 0. The number of hydrogen-bond donors (Lipinski definition) is 0. The molecule has 0 bridgehead atoms. The number of carbonyl (C=O) groups excluding carboxylic acids is 2. The molecule has 2 fully saturated rings. The van der Waals surface area contributed by atoms with Crippen LogP contribution in [0.15, 0.2) is 40.9 Å². The summed E-state index contributed by atoms with van der Waals surface area (Å²) < 4.78 is 5.01. The first-order valence-corrected chi connectivity index (χ1v) is 9.05. The molecule has 6 nitrogen and oxygen atoms in total. The van der Waals surface area contributed by atoms with Gasteiger partial charge in [-0.25, -0.2) is 0 Å². The summed E-state index contributed by atoms with van der Waals surface area (Å²) in [5, 5.41) is 3.83. The molecule has 0 radical (unpaired) electrons. The molecule has 1 aromatic heterocycles. The molecular weight excluding hydrogens is 330 g/mol. The second-order valence-electron chi connectivity index (χ2n) is 7.40. The van der Waals surface area contributed by atoms with E-state index >= 15 is 0 Å². The van der Waals surface area contributed by atoms with Gasteiger partial charge in [-0.3, -0.25) is 9.59 Å². The highest BCUT2D eigenvalue weighted by Gasteiger charge is 2.50. The predicted molar refractivity (Wildman–Crippen MR) is 95.7 cm³/mol. The second-order valence-corrected chi connectivity index (χ2v) is 7.40. The van der Waals surface area contributed by atoms with Gasteiger partial charge in [0.05, 0.1) is 5.92 Å². The summed E-state index contributed by atoms with van der Waals surface area (Å²) in [7, 11) is 1.91. The number of piperidine rings is 1. The highest BCUT2D eigenvalue weighted by atomic mass is 16.5. The van der Waals surface area contributed by atoms with Gasteiger partial charge in [0.1, 0.15) is 5.76 Å². The number of nitrogens with zero attached hydrogens (tertiary/aromatic N) is 3. The molecule has 2 aliphatic heterocycles. The number of likely N-dealkylation sites (N-methyl/N-ethyl adjacent to an activating group) is 1. The zero-order chi connectivity index (χ0) is 18.3. The Morgan fingerprint density at radius 2 is 1.92 bits per heavy atom. The third-order valence-electron chi connectivity index (χ3n) is 5.95. The molecule has 1 atom stereocenters. The Kier molecular flexibility index (Phi) is 4.05. The number of benzene rings is 1. The van der Waals surface area contributed by atoms with E-state index in [9.17, 15) is 9.59 Å². The number of amides is 2. The van der Waals surface area contributed by atoms with Crippen molar-refractivity contribution in [1.82, 2.24) is 15.0 Å². The van der Waals surface area contributed by atoms with E-state index in [1.54, 1.807) is 13.0 Å². The zero-order valence-electron chi connectivity index (χ0n) is 15.1. The smallest absolute Gasteiger partial charge is 0.276 e. The Labute approximate surface area is 152 Å². The third kappa shape index (κ3) is 2.69. The summed E-state index contributed by atoms with van der Waals surface area (Å²) in [5.74, 6) is 0.640. The number of rotatable bonds is 2. The number of aryl methyl sites for hydroxylation is 1. The molecule has 136 valence electrons. The normalized spacial score (nSPS) is 22.2. The van der Waals surface area contributed by atoms with Crippen LogP contribution >= 0.6 is 0 Å². The largest absolute Gasteiger partial charge is 0.361 e. The van der Waals surface area contributed by atoms with E-state index in [-0.39, 0.29) is 23.3 Å². The van der Waals surface area contributed by atoms with Gasteiger partial charge >= 0.3 is 0 Å². The fraction of sp³-hybridized carbons (Fsp3) is 0.450. The first-order valence-electron chi connectivity index (χ1n) is 9.05. The van der Waals surface area contributed by atoms with Crippen molar-refractivity contribution < 1.29 is 14.1 Å². The molecule has 6 heteroatoms. The monoisotopic (exact) mass is 353 g/mol. The summed E-state index contributed by atoms with van der Waals surface area (Å²) in [4.78, 5) is 29.2. The van der Waals surface area contributed by atoms with E-state index in [4.69, 9.17) is 4.52 Å². The molecule has 1 spiro atoms. The number of likely N-dealkylation sites (tertiary alicyclic amines) is 2. The van der Waals surface area contributed by atoms with Crippen molar-refractivity contribution in [2.24, 2.45) is 0 Å². The Morgan fingerprint density at radius 1 is 1.23 bits per heavy atom. The summed E-state index contributed by atoms with van der Waals surface area (Å²) in [6.45, 7) is 3.03. The van der Waals surface area contributed by atoms with Crippen LogP contribution in [-0.4, -0.2) is 52.4 Å². The van der Waals surface area contributed by atoms with Gasteiger partial charge in [-0.05, 0) is 31.7 Å². The number of aromatic nitrogens is 1. The van der Waals surface area contributed by atoms with Crippen LogP contribution in [0.3, 0.4) is 0 Å². The average Bonchev–Trinajstić information content (AvgIpc) is 3.20. The number of carbonyl (C=O) groups is 2. The first-order chi connectivity index (χ1) is 12.5. The van der Waals surface area contributed by atoms with Crippen molar-refractivity contribution >= 4 is 11.8 Å². The molecule has 0 N–H and O–H groups in total. The standard InChI is InChI=1S/C20H23N3O3/c1-14-12-17(21-26-14)19(25)23-10-8-20(9-11-23)13-16(18(24)22(20)2)15-6-4-3-5-7-15/h3-7,12,16H,8-11,13H2,1-2H3. The maximum Gasteiger partial charge on any atom is 0.276 e. The molecule has 0 aliphatic carbocycles. The fourth-order valence-corrected chi connectivity index (χ4v) is 4.31. The zero-order valence-corrected chi connectivity index (χ0v) is 15.1. The summed E-state index contributed by atoms with van der Waals surface area (Å²) in [5.41, 5.74) is 1.28. The van der Waals surface area contributed by atoms with Crippen LogP contribution in [0.2, 0.25) is 0 Å². The Balaban J connectivity index is 1.48. The molecule has 4 rings (SSSR count). The van der Waals surface area contributed by atoms with Crippen LogP contribution in [0.5, 0.6) is 0 Å². The molecule has 2 saturated heterocycles. The number of hydrogen-bond acceptors (Lipinski definition) is 4. The van der Waals surface area contributed by atoms with E-state index in [0.717, 1.165) is 24.8 Å². The lowest BCUT2D eigenvalue weighted by molar-refractivity contribution is -0.131. The Morgan fingerprint density at radius 3 is 2.54 bits per heavy atom. The molecule has 2 amide bonds. The molecule has 26 heavy (non-hydrogen) atoms. The summed E-state index contributed by atoms with van der Waals surface area (Å²) in [6.07, 6.45) is 2.40. The second kappa shape index (κ2) is 6.27. The van der Waals surface area contributed by atoms with Crippen LogP contribution in [0, 0.1) is 6.92 Å². The highest BCUT2D eigenvalue weighted by Crippen LogP contribution is 2.44. The SMILES string of the molecule is Cc1cc(C(=O)N2CCC3(CC2)CC(c2ccccc2)C(=O)N3C)no1. The van der Waals surface area contributed by atoms with Gasteiger partial charge in [0, 0.05) is 31.7 Å². The minimum atomic E-state index is -0.159. The van der Waals surface area contributed by atoms with Crippen molar-refractivity contribution in [2.45, 2.75) is 37.6 Å². The lowest BCUT2D eigenvalue weighted by Crippen LogP contribution is -2.52. The van der Waals surface area contributed by atoms with Crippen molar-refractivity contribution in [2.75, 3.05) is 20.1 Å². The van der Waals surface area contributed by atoms with Crippen LogP contribution in [-0.2, 0) is 4.79 Å². The molecule has 2 aromatic rings. The minimum Gasteiger partial charge on any atom is -0.361 e. The summed E-state index contributed by atoms with van der Waals surface area (Å²) in [6, 6.07) is 11.7. The van der Waals surface area contributed by atoms with Crippen LogP contribution < -0.4 is 0 Å². The van der Waals surface area contributed by atoms with Crippen LogP contribution in [0.1, 0.15) is 47.0 Å². The van der Waals surface area contributed by atoms with Gasteiger partial charge < -0.3 is 14.3 Å². The molecule has 1 aromatic carbocycles. The van der Waals surface area contributed by atoms with Gasteiger partial charge in [0.2, 0.25) is 5.91 Å². The van der Waals surface area contributed by atoms with Crippen LogP contribution in [0.25, 0.3) is 0 Å². The lowest BCUT2D eigenvalue weighted by atomic mass is 9.81. The Hall–Kier alpha value is -2.63. The van der Waals surface area contributed by atoms with E-state index < -0.39 is 0 Å². The average molecular weight is 353 g/mol. The molecular formula is C20H23N3O3. The van der Waals surface area contributed by atoms with Gasteiger partial charge in [-0.2, -0.15) is 0 Å². The molecule has 1 unspecified atom stereocenters. The fourth-order valence-electron chi connectivity index (χ4n) is 4.31. The lowest BCUT2D eigenvalue weighted by Gasteiger charge is -2.43. The third-order valence-corrected chi connectivity index (χ3v) is 5.95. The molecule has 0 saturated carbocycles. The van der Waals surface area contributed by atoms with Gasteiger partial charge in [-0.15, -0.1) is 0 Å². The van der Waals surface area contributed by atoms with E-state index in [0.29, 0.717) is 24.5 Å². The van der Waals surface area contributed by atoms with E-state index in [1.807, 2.05) is 47.2 Å².